The highest BCUT2D eigenvalue weighted by molar-refractivity contribution is 6.36. The number of rotatable bonds is 5. The van der Waals surface area contributed by atoms with Gasteiger partial charge in [-0.1, -0.05) is 35.3 Å². The van der Waals surface area contributed by atoms with Crippen LogP contribution in [-0.4, -0.2) is 27.9 Å². The Morgan fingerprint density at radius 2 is 1.88 bits per heavy atom. The number of benzene rings is 2. The lowest BCUT2D eigenvalue weighted by Crippen LogP contribution is -2.26. The highest BCUT2D eigenvalue weighted by Crippen LogP contribution is 2.21. The molecule has 0 bridgehead atoms. The van der Waals surface area contributed by atoms with Crippen LogP contribution >= 0.6 is 23.2 Å². The van der Waals surface area contributed by atoms with Crippen molar-refractivity contribution in [1.29, 1.82) is 0 Å². The predicted molar refractivity (Wildman–Crippen MR) is 97.8 cm³/mol. The minimum atomic E-state index is -0.720. The second-order valence-corrected chi connectivity index (χ2v) is 6.22. The molecule has 2 aromatic carbocycles. The van der Waals surface area contributed by atoms with Crippen LogP contribution in [0.3, 0.4) is 0 Å². The number of nitrogens with zero attached hydrogens (tertiary/aromatic N) is 2. The van der Waals surface area contributed by atoms with E-state index in [2.05, 4.69) is 4.98 Å². The van der Waals surface area contributed by atoms with Crippen LogP contribution in [-0.2, 0) is 16.1 Å². The number of Topliss-reactive ketones (excluding diaryl/α,β-unsaturated/α-hetero) is 1. The van der Waals surface area contributed by atoms with Gasteiger partial charge in [0.05, 0.1) is 22.3 Å². The van der Waals surface area contributed by atoms with E-state index in [1.54, 1.807) is 24.3 Å². The summed E-state index contributed by atoms with van der Waals surface area (Å²) in [6.45, 7) is -0.818. The number of hydrogen-bond donors (Lipinski definition) is 0. The maximum absolute atomic E-state index is 12.1. The number of fused-ring (bicyclic) bond motifs is 1. The summed E-state index contributed by atoms with van der Waals surface area (Å²) in [4.78, 5) is 40.2. The first-order valence-corrected chi connectivity index (χ1v) is 8.30. The van der Waals surface area contributed by atoms with E-state index in [4.69, 9.17) is 27.9 Å². The van der Waals surface area contributed by atoms with E-state index in [1.165, 1.54) is 22.8 Å². The first-order valence-electron chi connectivity index (χ1n) is 7.54. The third-order valence-corrected chi connectivity index (χ3v) is 4.18. The first-order chi connectivity index (χ1) is 12.5. The van der Waals surface area contributed by atoms with Crippen molar-refractivity contribution in [2.24, 2.45) is 0 Å². The van der Waals surface area contributed by atoms with Crippen molar-refractivity contribution < 1.29 is 14.3 Å². The molecule has 1 aromatic heterocycles. The summed E-state index contributed by atoms with van der Waals surface area (Å²) in [5.41, 5.74) is 0.844. The SMILES string of the molecule is O=C(Cn1c(=O)cnc2ccccc21)OCC(=O)c1ccc(Cl)cc1Cl. The van der Waals surface area contributed by atoms with Crippen LogP contribution in [0.25, 0.3) is 11.0 Å². The molecule has 0 atom stereocenters. The zero-order valence-electron chi connectivity index (χ0n) is 13.3. The number of hydrogen-bond acceptors (Lipinski definition) is 5. The van der Waals surface area contributed by atoms with Crippen LogP contribution in [0.2, 0.25) is 10.0 Å². The fourth-order valence-electron chi connectivity index (χ4n) is 2.39. The average Bonchev–Trinajstić information content (AvgIpc) is 2.62. The molecule has 0 unspecified atom stereocenters. The molecular formula is C18H12Cl2N2O4. The quantitative estimate of drug-likeness (QED) is 0.493. The van der Waals surface area contributed by atoms with E-state index in [1.807, 2.05) is 0 Å². The molecule has 0 aliphatic heterocycles. The summed E-state index contributed by atoms with van der Waals surface area (Å²) >= 11 is 11.7. The van der Waals surface area contributed by atoms with Gasteiger partial charge in [-0.25, -0.2) is 4.98 Å². The summed E-state index contributed by atoms with van der Waals surface area (Å²) in [5, 5.41) is 0.572. The Morgan fingerprint density at radius 1 is 1.12 bits per heavy atom. The van der Waals surface area contributed by atoms with Gasteiger partial charge < -0.3 is 4.74 Å². The minimum absolute atomic E-state index is 0.176. The number of para-hydroxylation sites is 2. The Bertz CT molecular complexity index is 1060. The number of halogens is 2. The largest absolute Gasteiger partial charge is 0.456 e. The van der Waals surface area contributed by atoms with Crippen molar-refractivity contribution in [2.45, 2.75) is 6.54 Å². The molecule has 0 fully saturated rings. The molecule has 1 heterocycles. The molecule has 0 aliphatic carbocycles. The summed E-state index contributed by atoms with van der Waals surface area (Å²) in [6, 6.07) is 11.3. The first kappa shape index (κ1) is 18.1. The van der Waals surface area contributed by atoms with Crippen molar-refractivity contribution >= 4 is 46.0 Å². The molecule has 8 heteroatoms. The van der Waals surface area contributed by atoms with Gasteiger partial charge in [-0.15, -0.1) is 0 Å². The molecule has 6 nitrogen and oxygen atoms in total. The molecule has 0 amide bonds. The van der Waals surface area contributed by atoms with E-state index in [-0.39, 0.29) is 17.1 Å². The molecule has 0 radical (unpaired) electrons. The average molecular weight is 391 g/mol. The predicted octanol–water partition coefficient (Wildman–Crippen LogP) is 3.13. The van der Waals surface area contributed by atoms with Crippen molar-refractivity contribution in [1.82, 2.24) is 9.55 Å². The van der Waals surface area contributed by atoms with Gasteiger partial charge in [0.25, 0.3) is 5.56 Å². The van der Waals surface area contributed by atoms with Gasteiger partial charge in [-0.05, 0) is 30.3 Å². The molecule has 0 saturated carbocycles. The fourth-order valence-corrected chi connectivity index (χ4v) is 2.91. The normalized spacial score (nSPS) is 10.7. The Balaban J connectivity index is 1.71. The molecule has 0 N–H and O–H groups in total. The highest BCUT2D eigenvalue weighted by atomic mass is 35.5. The van der Waals surface area contributed by atoms with Crippen LogP contribution in [0.15, 0.2) is 53.5 Å². The molecule has 0 aliphatic rings. The number of esters is 1. The van der Waals surface area contributed by atoms with Crippen LogP contribution in [0.4, 0.5) is 0 Å². The standard InChI is InChI=1S/C18H12Cl2N2O4/c19-11-5-6-12(13(20)7-11)16(23)10-26-18(25)9-22-15-4-2-1-3-14(15)21-8-17(22)24/h1-8H,9-10H2. The number of ether oxygens (including phenoxy) is 1. The van der Waals surface area contributed by atoms with E-state index >= 15 is 0 Å². The zero-order valence-corrected chi connectivity index (χ0v) is 14.8. The van der Waals surface area contributed by atoms with Crippen LogP contribution in [0, 0.1) is 0 Å². The monoisotopic (exact) mass is 390 g/mol. The second kappa shape index (κ2) is 7.68. The molecule has 26 heavy (non-hydrogen) atoms. The van der Waals surface area contributed by atoms with Crippen molar-refractivity contribution in [2.75, 3.05) is 6.61 Å². The number of carbonyl (C=O) groups excluding carboxylic acids is 2. The molecule has 0 spiro atoms. The molecule has 3 aromatic rings. The molecule has 3 rings (SSSR count). The lowest BCUT2D eigenvalue weighted by molar-refractivity contribution is -0.143. The molecule has 0 saturated heterocycles. The minimum Gasteiger partial charge on any atom is -0.456 e. The summed E-state index contributed by atoms with van der Waals surface area (Å²) < 4.78 is 6.23. The van der Waals surface area contributed by atoms with E-state index in [9.17, 15) is 14.4 Å². The van der Waals surface area contributed by atoms with Crippen LogP contribution < -0.4 is 5.56 Å². The van der Waals surface area contributed by atoms with E-state index in [0.29, 0.717) is 16.1 Å². The maximum atomic E-state index is 12.1. The second-order valence-electron chi connectivity index (χ2n) is 5.38. The smallest absolute Gasteiger partial charge is 0.326 e. The fraction of sp³-hybridized carbons (Fsp3) is 0.111. The summed E-state index contributed by atoms with van der Waals surface area (Å²) in [7, 11) is 0. The topological polar surface area (TPSA) is 78.3 Å². The van der Waals surface area contributed by atoms with Crippen LogP contribution in [0.1, 0.15) is 10.4 Å². The van der Waals surface area contributed by atoms with Gasteiger partial charge in [0.15, 0.2) is 6.61 Å². The Labute approximate surface area is 157 Å². The van der Waals surface area contributed by atoms with Gasteiger partial charge in [0, 0.05) is 10.6 Å². The molecule has 132 valence electrons. The van der Waals surface area contributed by atoms with Gasteiger partial charge >= 0.3 is 5.97 Å². The lowest BCUT2D eigenvalue weighted by Gasteiger charge is -2.09. The third kappa shape index (κ3) is 3.92. The summed E-state index contributed by atoms with van der Waals surface area (Å²) in [5.74, 6) is -1.19. The highest BCUT2D eigenvalue weighted by Gasteiger charge is 2.15. The Kier molecular flexibility index (Phi) is 5.35. The van der Waals surface area contributed by atoms with Crippen LogP contribution in [0.5, 0.6) is 0 Å². The summed E-state index contributed by atoms with van der Waals surface area (Å²) in [6.07, 6.45) is 1.13. The number of ketones is 1. The van der Waals surface area contributed by atoms with Crippen molar-refractivity contribution in [3.05, 3.63) is 74.6 Å². The van der Waals surface area contributed by atoms with Crippen molar-refractivity contribution in [3.63, 3.8) is 0 Å². The van der Waals surface area contributed by atoms with E-state index in [0.717, 1.165) is 6.20 Å². The van der Waals surface area contributed by atoms with Gasteiger partial charge in [-0.3, -0.25) is 19.0 Å². The lowest BCUT2D eigenvalue weighted by atomic mass is 10.1. The van der Waals surface area contributed by atoms with E-state index < -0.39 is 23.9 Å². The zero-order chi connectivity index (χ0) is 18.7. The number of aromatic nitrogens is 2. The number of carbonyl (C=O) groups is 2. The Morgan fingerprint density at radius 3 is 2.65 bits per heavy atom. The van der Waals surface area contributed by atoms with Gasteiger partial charge in [-0.2, -0.15) is 0 Å². The van der Waals surface area contributed by atoms with Crippen molar-refractivity contribution in [3.8, 4) is 0 Å². The molecular weight excluding hydrogens is 379 g/mol. The van der Waals surface area contributed by atoms with Gasteiger partial charge in [0.2, 0.25) is 5.78 Å². The maximum Gasteiger partial charge on any atom is 0.326 e. The van der Waals surface area contributed by atoms with Gasteiger partial charge in [0.1, 0.15) is 6.54 Å². The third-order valence-electron chi connectivity index (χ3n) is 3.64. The Hall–Kier alpha value is -2.70.